The minimum Gasteiger partial charge on any atom is -0.507 e. The zero-order valence-corrected chi connectivity index (χ0v) is 13.4. The lowest BCUT2D eigenvalue weighted by molar-refractivity contribution is -0.139. The lowest BCUT2D eigenvalue weighted by Gasteiger charge is -2.21. The first-order valence-corrected chi connectivity index (χ1v) is 7.54. The molecule has 1 atom stereocenters. The van der Waals surface area contributed by atoms with E-state index in [1.165, 1.54) is 37.4 Å². The SMILES string of the molecule is CN1C(=O)C(=O)C(=C(O)c2ccc(Cl)cc2)[C@@H]1c1ccccc1F. The van der Waals surface area contributed by atoms with Crippen LogP contribution in [0.4, 0.5) is 4.39 Å². The number of hydrogen-bond acceptors (Lipinski definition) is 3. The summed E-state index contributed by atoms with van der Waals surface area (Å²) in [5.74, 6) is -2.56. The van der Waals surface area contributed by atoms with Crippen LogP contribution in [0.25, 0.3) is 5.76 Å². The summed E-state index contributed by atoms with van der Waals surface area (Å²) in [5, 5.41) is 11.0. The maximum Gasteiger partial charge on any atom is 0.295 e. The van der Waals surface area contributed by atoms with Gasteiger partial charge < -0.3 is 10.0 Å². The van der Waals surface area contributed by atoms with Crippen LogP contribution in [0.1, 0.15) is 17.2 Å². The van der Waals surface area contributed by atoms with Gasteiger partial charge in [0, 0.05) is 23.2 Å². The summed E-state index contributed by atoms with van der Waals surface area (Å²) in [4.78, 5) is 25.6. The zero-order chi connectivity index (χ0) is 17.4. The number of carbonyl (C=O) groups is 2. The van der Waals surface area contributed by atoms with Gasteiger partial charge in [0.05, 0.1) is 11.6 Å². The van der Waals surface area contributed by atoms with Gasteiger partial charge >= 0.3 is 0 Å². The molecule has 4 nitrogen and oxygen atoms in total. The maximum atomic E-state index is 14.2. The summed E-state index contributed by atoms with van der Waals surface area (Å²) >= 11 is 5.82. The average Bonchev–Trinajstić information content (AvgIpc) is 2.79. The number of benzene rings is 2. The van der Waals surface area contributed by atoms with Crippen LogP contribution in [0.3, 0.4) is 0 Å². The number of hydrogen-bond donors (Lipinski definition) is 1. The molecule has 0 aliphatic carbocycles. The van der Waals surface area contributed by atoms with E-state index in [0.29, 0.717) is 10.6 Å². The van der Waals surface area contributed by atoms with E-state index in [0.717, 1.165) is 4.90 Å². The monoisotopic (exact) mass is 345 g/mol. The fourth-order valence-corrected chi connectivity index (χ4v) is 2.90. The number of nitrogens with zero attached hydrogens (tertiary/aromatic N) is 1. The number of likely N-dealkylation sites (N-methyl/N-ethyl adjacent to an activating group) is 1. The van der Waals surface area contributed by atoms with E-state index in [9.17, 15) is 19.1 Å². The molecule has 2 aromatic carbocycles. The Labute approximate surface area is 142 Å². The molecular formula is C18H13ClFNO3. The third-order valence-electron chi connectivity index (χ3n) is 3.99. The van der Waals surface area contributed by atoms with Crippen LogP contribution in [-0.4, -0.2) is 28.7 Å². The highest BCUT2D eigenvalue weighted by Gasteiger charge is 2.45. The lowest BCUT2D eigenvalue weighted by Crippen LogP contribution is -2.25. The second-order valence-corrected chi connectivity index (χ2v) is 5.87. The van der Waals surface area contributed by atoms with Gasteiger partial charge in [0.1, 0.15) is 11.6 Å². The Kier molecular flexibility index (Phi) is 4.11. The van der Waals surface area contributed by atoms with Gasteiger partial charge in [0.25, 0.3) is 11.7 Å². The normalized spacial score (nSPS) is 19.8. The molecule has 0 bridgehead atoms. The molecule has 0 spiro atoms. The molecule has 1 aliphatic heterocycles. The summed E-state index contributed by atoms with van der Waals surface area (Å²) in [6, 6.07) is 11.0. The topological polar surface area (TPSA) is 57.6 Å². The van der Waals surface area contributed by atoms with Crippen LogP contribution in [0.15, 0.2) is 54.1 Å². The Hall–Kier alpha value is -2.66. The highest BCUT2D eigenvalue weighted by molar-refractivity contribution is 6.46. The number of aliphatic hydroxyl groups excluding tert-OH is 1. The highest BCUT2D eigenvalue weighted by Crippen LogP contribution is 2.39. The molecule has 1 amide bonds. The van der Waals surface area contributed by atoms with Crippen molar-refractivity contribution in [3.05, 3.63) is 76.1 Å². The van der Waals surface area contributed by atoms with Crippen molar-refractivity contribution in [3.63, 3.8) is 0 Å². The molecule has 1 aliphatic rings. The average molecular weight is 346 g/mol. The molecular weight excluding hydrogens is 333 g/mol. The Balaban J connectivity index is 2.20. The standard InChI is InChI=1S/C18H13ClFNO3/c1-21-15(12-4-2-3-5-13(12)20)14(17(23)18(21)24)16(22)10-6-8-11(19)9-7-10/h2-9,15,22H,1H3/t15-/m0/s1. The van der Waals surface area contributed by atoms with Gasteiger partial charge in [-0.2, -0.15) is 0 Å². The quantitative estimate of drug-likeness (QED) is 0.514. The van der Waals surface area contributed by atoms with E-state index in [4.69, 9.17) is 11.6 Å². The summed E-state index contributed by atoms with van der Waals surface area (Å²) in [7, 11) is 1.40. The van der Waals surface area contributed by atoms with Crippen molar-refractivity contribution >= 4 is 29.1 Å². The Morgan fingerprint density at radius 3 is 2.38 bits per heavy atom. The number of carbonyl (C=O) groups excluding carboxylic acids is 2. The van der Waals surface area contributed by atoms with Crippen LogP contribution in [-0.2, 0) is 9.59 Å². The molecule has 1 heterocycles. The molecule has 1 fully saturated rings. The number of aliphatic hydroxyl groups is 1. The predicted octanol–water partition coefficient (Wildman–Crippen LogP) is 3.53. The third-order valence-corrected chi connectivity index (χ3v) is 4.24. The summed E-state index contributed by atoms with van der Waals surface area (Å²) in [5.41, 5.74) is 0.330. The molecule has 1 N–H and O–H groups in total. The highest BCUT2D eigenvalue weighted by atomic mass is 35.5. The van der Waals surface area contributed by atoms with E-state index in [1.54, 1.807) is 18.2 Å². The van der Waals surface area contributed by atoms with E-state index in [2.05, 4.69) is 0 Å². The Morgan fingerprint density at radius 2 is 1.75 bits per heavy atom. The minimum absolute atomic E-state index is 0.144. The molecule has 122 valence electrons. The van der Waals surface area contributed by atoms with Gasteiger partial charge in [0.2, 0.25) is 0 Å². The van der Waals surface area contributed by atoms with Gasteiger partial charge in [-0.05, 0) is 30.3 Å². The van der Waals surface area contributed by atoms with Crippen molar-refractivity contribution < 1.29 is 19.1 Å². The van der Waals surface area contributed by atoms with Crippen molar-refractivity contribution in [2.75, 3.05) is 7.05 Å². The van der Waals surface area contributed by atoms with Gasteiger partial charge in [0.15, 0.2) is 0 Å². The van der Waals surface area contributed by atoms with Crippen molar-refractivity contribution in [1.82, 2.24) is 4.90 Å². The lowest BCUT2D eigenvalue weighted by atomic mass is 9.95. The van der Waals surface area contributed by atoms with Crippen molar-refractivity contribution in [3.8, 4) is 0 Å². The summed E-state index contributed by atoms with van der Waals surface area (Å²) < 4.78 is 14.2. The van der Waals surface area contributed by atoms with Crippen LogP contribution in [0, 0.1) is 5.82 Å². The van der Waals surface area contributed by atoms with Crippen LogP contribution in [0.5, 0.6) is 0 Å². The molecule has 3 rings (SSSR count). The molecule has 0 radical (unpaired) electrons. The van der Waals surface area contributed by atoms with E-state index < -0.39 is 23.5 Å². The van der Waals surface area contributed by atoms with Gasteiger partial charge in [-0.25, -0.2) is 4.39 Å². The fourth-order valence-electron chi connectivity index (χ4n) is 2.77. The van der Waals surface area contributed by atoms with Crippen molar-refractivity contribution in [2.45, 2.75) is 6.04 Å². The number of ketones is 1. The second-order valence-electron chi connectivity index (χ2n) is 5.44. The molecule has 6 heteroatoms. The smallest absolute Gasteiger partial charge is 0.295 e. The molecule has 2 aromatic rings. The van der Waals surface area contributed by atoms with Crippen LogP contribution < -0.4 is 0 Å². The predicted molar refractivity (Wildman–Crippen MR) is 87.9 cm³/mol. The minimum atomic E-state index is -0.984. The van der Waals surface area contributed by atoms with Crippen molar-refractivity contribution in [1.29, 1.82) is 0 Å². The van der Waals surface area contributed by atoms with E-state index in [1.807, 2.05) is 0 Å². The molecule has 24 heavy (non-hydrogen) atoms. The number of amides is 1. The van der Waals surface area contributed by atoms with Gasteiger partial charge in [-0.3, -0.25) is 9.59 Å². The first-order chi connectivity index (χ1) is 11.4. The summed E-state index contributed by atoms with van der Waals surface area (Å²) in [6.45, 7) is 0. The number of halogens is 2. The largest absolute Gasteiger partial charge is 0.507 e. The molecule has 0 aromatic heterocycles. The van der Waals surface area contributed by atoms with Gasteiger partial charge in [-0.1, -0.05) is 29.8 Å². The molecule has 0 unspecified atom stereocenters. The van der Waals surface area contributed by atoms with Gasteiger partial charge in [-0.15, -0.1) is 0 Å². The van der Waals surface area contributed by atoms with Crippen molar-refractivity contribution in [2.24, 2.45) is 0 Å². The third kappa shape index (κ3) is 2.57. The van der Waals surface area contributed by atoms with Crippen LogP contribution >= 0.6 is 11.6 Å². The maximum absolute atomic E-state index is 14.2. The first kappa shape index (κ1) is 16.2. The number of likely N-dealkylation sites (tertiary alicyclic amines) is 1. The fraction of sp³-hybridized carbons (Fsp3) is 0.111. The second kappa shape index (κ2) is 6.09. The molecule has 1 saturated heterocycles. The van der Waals surface area contributed by atoms with E-state index >= 15 is 0 Å². The Morgan fingerprint density at radius 1 is 1.12 bits per heavy atom. The zero-order valence-electron chi connectivity index (χ0n) is 12.7. The first-order valence-electron chi connectivity index (χ1n) is 7.16. The molecule has 0 saturated carbocycles. The number of rotatable bonds is 2. The summed E-state index contributed by atoms with van der Waals surface area (Å²) in [6.07, 6.45) is 0. The van der Waals surface area contributed by atoms with E-state index in [-0.39, 0.29) is 16.9 Å². The van der Waals surface area contributed by atoms with Crippen LogP contribution in [0.2, 0.25) is 5.02 Å². The number of Topliss-reactive ketones (excluding diaryl/α,β-unsaturated/α-hetero) is 1. The Bertz CT molecular complexity index is 861.